The van der Waals surface area contributed by atoms with Crippen molar-refractivity contribution in [3.63, 3.8) is 0 Å². The molecule has 24 heavy (non-hydrogen) atoms. The van der Waals surface area contributed by atoms with Crippen molar-refractivity contribution >= 4 is 21.6 Å². The molecule has 1 saturated heterocycles. The first-order valence-electron chi connectivity index (χ1n) is 7.98. The number of nitrogens with one attached hydrogen (secondary N) is 1. The summed E-state index contributed by atoms with van der Waals surface area (Å²) in [6.45, 7) is 1.45. The van der Waals surface area contributed by atoms with Crippen LogP contribution in [-0.2, 0) is 15.8 Å². The number of nitrogens with zero attached hydrogens (tertiary/aromatic N) is 1. The molecule has 0 atom stereocenters. The molecule has 2 aromatic carbocycles. The van der Waals surface area contributed by atoms with Crippen LogP contribution in [0.5, 0.6) is 0 Å². The first-order chi connectivity index (χ1) is 11.6. The van der Waals surface area contributed by atoms with Gasteiger partial charge < -0.3 is 4.90 Å². The number of amides is 1. The van der Waals surface area contributed by atoms with Crippen molar-refractivity contribution < 1.29 is 13.2 Å². The molecule has 0 aliphatic carbocycles. The van der Waals surface area contributed by atoms with E-state index in [-0.39, 0.29) is 11.7 Å². The lowest BCUT2D eigenvalue weighted by atomic mass is 10.1. The maximum absolute atomic E-state index is 12.6. The molecular weight excluding hydrogens is 324 g/mol. The van der Waals surface area contributed by atoms with Crippen molar-refractivity contribution in [2.24, 2.45) is 0 Å². The fourth-order valence-electron chi connectivity index (χ4n) is 2.85. The molecule has 6 heteroatoms. The van der Waals surface area contributed by atoms with Gasteiger partial charge in [0.15, 0.2) is 0 Å². The van der Waals surface area contributed by atoms with Gasteiger partial charge in [0.2, 0.25) is 10.0 Å². The average molecular weight is 344 g/mol. The number of rotatable bonds is 5. The standard InChI is InChI=1S/C18H20N2O3S/c21-18(20-12-6-7-13-20)16-10-4-5-11-17(16)19-24(22,23)14-15-8-2-1-3-9-15/h1-5,8-11,19H,6-7,12-14H2. The van der Waals surface area contributed by atoms with Gasteiger partial charge in [-0.25, -0.2) is 8.42 Å². The summed E-state index contributed by atoms with van der Waals surface area (Å²) < 4.78 is 27.4. The summed E-state index contributed by atoms with van der Waals surface area (Å²) in [5, 5.41) is 0. The maximum atomic E-state index is 12.6. The van der Waals surface area contributed by atoms with E-state index in [0.717, 1.165) is 25.9 Å². The summed E-state index contributed by atoms with van der Waals surface area (Å²) in [6.07, 6.45) is 1.99. The fraction of sp³-hybridized carbons (Fsp3) is 0.278. The van der Waals surface area contributed by atoms with Gasteiger partial charge in [0.25, 0.3) is 5.91 Å². The smallest absolute Gasteiger partial charge is 0.255 e. The predicted octanol–water partition coefficient (Wildman–Crippen LogP) is 2.86. The minimum atomic E-state index is -3.59. The van der Waals surface area contributed by atoms with Gasteiger partial charge in [-0.05, 0) is 30.5 Å². The second kappa shape index (κ2) is 7.05. The molecule has 0 saturated carbocycles. The Morgan fingerprint density at radius 1 is 0.958 bits per heavy atom. The normalized spacial score (nSPS) is 14.6. The first kappa shape index (κ1) is 16.5. The summed E-state index contributed by atoms with van der Waals surface area (Å²) in [7, 11) is -3.59. The molecule has 2 aromatic rings. The summed E-state index contributed by atoms with van der Waals surface area (Å²) in [5.74, 6) is -0.245. The second-order valence-corrected chi connectivity index (χ2v) is 7.61. The zero-order valence-electron chi connectivity index (χ0n) is 13.3. The van der Waals surface area contributed by atoms with Gasteiger partial charge in [0.05, 0.1) is 17.0 Å². The SMILES string of the molecule is O=C(c1ccccc1NS(=O)(=O)Cc1ccccc1)N1CCCC1. The number of hydrogen-bond acceptors (Lipinski definition) is 3. The molecule has 0 unspecified atom stereocenters. The van der Waals surface area contributed by atoms with Gasteiger partial charge >= 0.3 is 0 Å². The van der Waals surface area contributed by atoms with E-state index in [9.17, 15) is 13.2 Å². The minimum absolute atomic E-state index is 0.120. The van der Waals surface area contributed by atoms with Crippen molar-refractivity contribution in [3.8, 4) is 0 Å². The number of hydrogen-bond donors (Lipinski definition) is 1. The third kappa shape index (κ3) is 3.94. The molecule has 1 N–H and O–H groups in total. The van der Waals surface area contributed by atoms with Crippen molar-refractivity contribution in [2.45, 2.75) is 18.6 Å². The summed E-state index contributed by atoms with van der Waals surface area (Å²) >= 11 is 0. The van der Waals surface area contributed by atoms with Gasteiger partial charge in [-0.15, -0.1) is 0 Å². The zero-order chi connectivity index (χ0) is 17.0. The topological polar surface area (TPSA) is 66.5 Å². The highest BCUT2D eigenvalue weighted by Crippen LogP contribution is 2.22. The molecular formula is C18H20N2O3S. The highest BCUT2D eigenvalue weighted by Gasteiger charge is 2.23. The number of para-hydroxylation sites is 1. The Morgan fingerprint density at radius 3 is 2.29 bits per heavy atom. The van der Waals surface area contributed by atoms with Gasteiger partial charge in [0, 0.05) is 13.1 Å². The van der Waals surface area contributed by atoms with Crippen molar-refractivity contribution in [2.75, 3.05) is 17.8 Å². The quantitative estimate of drug-likeness (QED) is 0.907. The van der Waals surface area contributed by atoms with Crippen molar-refractivity contribution in [1.82, 2.24) is 4.90 Å². The molecule has 1 aliphatic heterocycles. The van der Waals surface area contributed by atoms with Gasteiger partial charge in [-0.2, -0.15) is 0 Å². The Hall–Kier alpha value is -2.34. The van der Waals surface area contributed by atoms with Crippen LogP contribution in [0.15, 0.2) is 54.6 Å². The monoisotopic (exact) mass is 344 g/mol. The number of benzene rings is 2. The van der Waals surface area contributed by atoms with E-state index in [4.69, 9.17) is 0 Å². The molecule has 1 fully saturated rings. The molecule has 0 radical (unpaired) electrons. The van der Waals surface area contributed by atoms with Crippen LogP contribution in [0.3, 0.4) is 0 Å². The van der Waals surface area contributed by atoms with E-state index in [0.29, 0.717) is 16.8 Å². The number of carbonyl (C=O) groups is 1. The zero-order valence-corrected chi connectivity index (χ0v) is 14.1. The van der Waals surface area contributed by atoms with Crippen molar-refractivity contribution in [3.05, 3.63) is 65.7 Å². The lowest BCUT2D eigenvalue weighted by Crippen LogP contribution is -2.29. The third-order valence-electron chi connectivity index (χ3n) is 4.02. The van der Waals surface area contributed by atoms with Crippen LogP contribution in [0.2, 0.25) is 0 Å². The molecule has 3 rings (SSSR count). The maximum Gasteiger partial charge on any atom is 0.255 e. The van der Waals surface area contributed by atoms with Crippen LogP contribution in [0.4, 0.5) is 5.69 Å². The largest absolute Gasteiger partial charge is 0.339 e. The Bertz CT molecular complexity index is 813. The van der Waals surface area contributed by atoms with E-state index in [1.165, 1.54) is 0 Å². The molecule has 0 bridgehead atoms. The number of carbonyl (C=O) groups excluding carboxylic acids is 1. The van der Waals surface area contributed by atoms with Crippen LogP contribution < -0.4 is 4.72 Å². The molecule has 5 nitrogen and oxygen atoms in total. The van der Waals surface area contributed by atoms with E-state index >= 15 is 0 Å². The van der Waals surface area contributed by atoms with E-state index in [1.54, 1.807) is 53.4 Å². The van der Waals surface area contributed by atoms with E-state index in [1.807, 2.05) is 6.07 Å². The van der Waals surface area contributed by atoms with E-state index < -0.39 is 10.0 Å². The Labute approximate surface area is 142 Å². The molecule has 0 aromatic heterocycles. The van der Waals surface area contributed by atoms with Crippen LogP contribution in [0.25, 0.3) is 0 Å². The Morgan fingerprint density at radius 2 is 1.58 bits per heavy atom. The highest BCUT2D eigenvalue weighted by molar-refractivity contribution is 7.91. The summed E-state index contributed by atoms with van der Waals surface area (Å²) in [5.41, 5.74) is 1.44. The molecule has 1 heterocycles. The molecule has 126 valence electrons. The van der Waals surface area contributed by atoms with Gasteiger partial charge in [0.1, 0.15) is 0 Å². The molecule has 1 amide bonds. The van der Waals surface area contributed by atoms with Crippen LogP contribution in [0.1, 0.15) is 28.8 Å². The molecule has 1 aliphatic rings. The highest BCUT2D eigenvalue weighted by atomic mass is 32.2. The van der Waals surface area contributed by atoms with Crippen LogP contribution in [0, 0.1) is 0 Å². The van der Waals surface area contributed by atoms with Gasteiger partial charge in [-0.1, -0.05) is 42.5 Å². The number of sulfonamides is 1. The molecule has 0 spiro atoms. The van der Waals surface area contributed by atoms with E-state index in [2.05, 4.69) is 4.72 Å². The summed E-state index contributed by atoms with van der Waals surface area (Å²) in [6, 6.07) is 15.7. The first-order valence-corrected chi connectivity index (χ1v) is 9.63. The second-order valence-electron chi connectivity index (χ2n) is 5.89. The average Bonchev–Trinajstić information content (AvgIpc) is 3.09. The minimum Gasteiger partial charge on any atom is -0.339 e. The Balaban J connectivity index is 1.81. The lowest BCUT2D eigenvalue weighted by Gasteiger charge is -2.18. The van der Waals surface area contributed by atoms with Crippen molar-refractivity contribution in [1.29, 1.82) is 0 Å². The lowest BCUT2D eigenvalue weighted by molar-refractivity contribution is 0.0794. The summed E-state index contributed by atoms with van der Waals surface area (Å²) in [4.78, 5) is 14.4. The number of anilines is 1. The number of likely N-dealkylation sites (tertiary alicyclic amines) is 1. The predicted molar refractivity (Wildman–Crippen MR) is 94.3 cm³/mol. The van der Waals surface area contributed by atoms with Gasteiger partial charge in [-0.3, -0.25) is 9.52 Å². The third-order valence-corrected chi connectivity index (χ3v) is 5.26. The van der Waals surface area contributed by atoms with Crippen LogP contribution >= 0.6 is 0 Å². The Kier molecular flexibility index (Phi) is 4.85. The van der Waals surface area contributed by atoms with Crippen LogP contribution in [-0.4, -0.2) is 32.3 Å². The fourth-order valence-corrected chi connectivity index (χ4v) is 4.06.